The van der Waals surface area contributed by atoms with Crippen molar-refractivity contribution in [3.05, 3.63) is 0 Å². The molecule has 3 unspecified atom stereocenters. The van der Waals surface area contributed by atoms with E-state index in [9.17, 15) is 29.7 Å². The summed E-state index contributed by atoms with van der Waals surface area (Å²) in [6.45, 7) is 9.21. The predicted octanol–water partition coefficient (Wildman–Crippen LogP) is 3.70. The lowest BCUT2D eigenvalue weighted by Crippen LogP contribution is -2.72. The number of ether oxygens (including phenoxy) is 1. The number of Topliss-reactive ketones (excluding diaryl/α,β-unsaturated/α-hetero) is 2. The molecule has 4 aliphatic rings. The molecule has 3 N–H and O–H groups in total. The molecular weight excluding hydrogens is 484 g/mol. The van der Waals surface area contributed by atoms with Crippen molar-refractivity contribution in [3.8, 4) is 12.8 Å². The smallest absolute Gasteiger partial charge is 0.305 e. The summed E-state index contributed by atoms with van der Waals surface area (Å²) in [6, 6.07) is 0. The molecule has 4 aliphatic carbocycles. The van der Waals surface area contributed by atoms with Crippen LogP contribution in [0.15, 0.2) is 0 Å². The lowest BCUT2D eigenvalue weighted by Gasteiger charge is -2.68. The minimum Gasteiger partial charge on any atom is -0.469 e. The molecule has 11 atom stereocenters. The van der Waals surface area contributed by atoms with Gasteiger partial charge in [-0.2, -0.15) is 0 Å². The molecule has 38 heavy (non-hydrogen) atoms. The van der Waals surface area contributed by atoms with Crippen LogP contribution in [0.5, 0.6) is 0 Å². The van der Waals surface area contributed by atoms with Crippen LogP contribution in [0.1, 0.15) is 92.4 Å². The maximum atomic E-state index is 13.3. The molecule has 0 amide bonds. The summed E-state index contributed by atoms with van der Waals surface area (Å²) >= 11 is 0. The number of ketones is 2. The summed E-state index contributed by atoms with van der Waals surface area (Å²) in [5, 5.41) is 34.9. The van der Waals surface area contributed by atoms with Crippen LogP contribution < -0.4 is 0 Å². The van der Waals surface area contributed by atoms with Gasteiger partial charge in [-0.3, -0.25) is 14.4 Å². The molecule has 0 aromatic carbocycles. The average molecular weight is 533 g/mol. The zero-order chi connectivity index (χ0) is 28.8. The second kappa shape index (κ2) is 10.7. The lowest BCUT2D eigenvalue weighted by atomic mass is 9.37. The Kier molecular flexibility index (Phi) is 8.65. The number of rotatable bonds is 6. The molecule has 0 bridgehead atoms. The fourth-order valence-corrected chi connectivity index (χ4v) is 9.79. The molecular formula is C31H48O7. The van der Waals surface area contributed by atoms with Crippen molar-refractivity contribution in [1.82, 2.24) is 0 Å². The van der Waals surface area contributed by atoms with Crippen molar-refractivity contribution in [2.45, 2.75) is 110 Å². The maximum Gasteiger partial charge on any atom is 0.305 e. The first-order chi connectivity index (χ1) is 17.7. The molecule has 4 rings (SSSR count). The van der Waals surface area contributed by atoms with E-state index in [0.717, 1.165) is 19.3 Å². The van der Waals surface area contributed by atoms with Gasteiger partial charge in [0.05, 0.1) is 13.2 Å². The third-order valence-corrected chi connectivity index (χ3v) is 12.0. The van der Waals surface area contributed by atoms with Crippen molar-refractivity contribution >= 4 is 17.5 Å². The number of aliphatic hydroxyl groups is 3. The second-order valence-corrected chi connectivity index (χ2v) is 13.2. The molecule has 0 aromatic heterocycles. The molecule has 4 saturated carbocycles. The van der Waals surface area contributed by atoms with Gasteiger partial charge in [-0.1, -0.05) is 20.8 Å². The fraction of sp³-hybridized carbons (Fsp3) is 0.839. The molecule has 0 saturated heterocycles. The van der Waals surface area contributed by atoms with Gasteiger partial charge >= 0.3 is 5.97 Å². The number of fused-ring (bicyclic) bond motifs is 5. The first kappa shape index (κ1) is 30.8. The minimum atomic E-state index is -1.59. The van der Waals surface area contributed by atoms with E-state index in [1.54, 1.807) is 0 Å². The van der Waals surface area contributed by atoms with Crippen LogP contribution in [0.4, 0.5) is 0 Å². The van der Waals surface area contributed by atoms with Crippen molar-refractivity contribution < 1.29 is 34.4 Å². The normalized spacial score (nSPS) is 46.3. The third-order valence-electron chi connectivity index (χ3n) is 12.0. The molecule has 0 radical (unpaired) electrons. The Bertz CT molecular complexity index is 959. The summed E-state index contributed by atoms with van der Waals surface area (Å²) in [6.07, 6.45) is 12.4. The average Bonchev–Trinajstić information content (AvgIpc) is 3.23. The number of hydrogen-bond donors (Lipinski definition) is 3. The number of terminal acetylenes is 1. The summed E-state index contributed by atoms with van der Waals surface area (Å²) in [4.78, 5) is 38.4. The zero-order valence-corrected chi connectivity index (χ0v) is 24.0. The van der Waals surface area contributed by atoms with E-state index in [-0.39, 0.29) is 71.3 Å². The van der Waals surface area contributed by atoms with Gasteiger partial charge in [0, 0.05) is 17.8 Å². The van der Waals surface area contributed by atoms with Gasteiger partial charge in [-0.05, 0) is 100 Å². The number of esters is 1. The van der Waals surface area contributed by atoms with Gasteiger partial charge in [0.1, 0.15) is 11.2 Å². The Morgan fingerprint density at radius 1 is 1.00 bits per heavy atom. The van der Waals surface area contributed by atoms with Crippen molar-refractivity contribution in [3.63, 3.8) is 0 Å². The summed E-state index contributed by atoms with van der Waals surface area (Å²) in [5.74, 6) is -1.56. The summed E-state index contributed by atoms with van der Waals surface area (Å²) in [7, 11) is 1.37. The molecule has 0 spiro atoms. The van der Waals surface area contributed by atoms with Crippen LogP contribution in [-0.2, 0) is 19.1 Å². The van der Waals surface area contributed by atoms with Gasteiger partial charge in [0.2, 0.25) is 0 Å². The Balaban J connectivity index is 0.00000195. The number of aliphatic hydroxyl groups excluding tert-OH is 1. The van der Waals surface area contributed by atoms with Crippen molar-refractivity contribution in [2.75, 3.05) is 7.11 Å². The van der Waals surface area contributed by atoms with Gasteiger partial charge < -0.3 is 20.1 Å². The van der Waals surface area contributed by atoms with E-state index < -0.39 is 22.7 Å². The molecule has 7 heteroatoms. The minimum absolute atomic E-state index is 0.0306. The monoisotopic (exact) mass is 532 g/mol. The van der Waals surface area contributed by atoms with E-state index in [1.807, 2.05) is 6.92 Å². The molecule has 0 aromatic rings. The number of carbonyl (C=O) groups is 3. The van der Waals surface area contributed by atoms with Gasteiger partial charge in [0.15, 0.2) is 11.6 Å². The largest absolute Gasteiger partial charge is 0.469 e. The highest BCUT2D eigenvalue weighted by Gasteiger charge is 2.74. The number of carbonyl (C=O) groups excluding carboxylic acids is 3. The molecule has 4 fully saturated rings. The Hall–Kier alpha value is -1.75. The van der Waals surface area contributed by atoms with Gasteiger partial charge in [-0.15, -0.1) is 12.8 Å². The van der Waals surface area contributed by atoms with Crippen LogP contribution in [0.25, 0.3) is 0 Å². The zero-order valence-electron chi connectivity index (χ0n) is 24.0. The molecule has 0 aliphatic heterocycles. The summed E-state index contributed by atoms with van der Waals surface area (Å²) < 4.78 is 4.84. The highest BCUT2D eigenvalue weighted by Crippen LogP contribution is 2.72. The lowest BCUT2D eigenvalue weighted by molar-refractivity contribution is -0.259. The van der Waals surface area contributed by atoms with E-state index in [0.29, 0.717) is 25.7 Å². The van der Waals surface area contributed by atoms with Gasteiger partial charge in [-0.25, -0.2) is 0 Å². The van der Waals surface area contributed by atoms with Crippen LogP contribution >= 0.6 is 0 Å². The Morgan fingerprint density at radius 3 is 2.18 bits per heavy atom. The molecule has 214 valence electrons. The second-order valence-electron chi connectivity index (χ2n) is 13.2. The standard InChI is InChI=1S/C29H46O7.C2H2/c1-16(7-10-24(33)36-6)21-8-9-22-25-23(15-29(35,18(3)31)27(21,22)5)26(4)12-11-20(32)13-19(26)14-28(25,34)17(2)30;1-2/h16,19-23,25,32,34-35H,7-15H2,1-6H3;1-2H/t16-,19+,20+,21-,22?,23?,25?,26+,27-,28+,29-;/m1./s1. The van der Waals surface area contributed by atoms with Crippen LogP contribution in [0, 0.1) is 59.2 Å². The quantitative estimate of drug-likeness (QED) is 0.352. The van der Waals surface area contributed by atoms with Crippen LogP contribution in [0.3, 0.4) is 0 Å². The molecule has 0 heterocycles. The van der Waals surface area contributed by atoms with E-state index in [2.05, 4.69) is 26.7 Å². The van der Waals surface area contributed by atoms with Crippen molar-refractivity contribution in [2.24, 2.45) is 46.3 Å². The topological polar surface area (TPSA) is 121 Å². The third kappa shape index (κ3) is 4.35. The van der Waals surface area contributed by atoms with Crippen LogP contribution in [-0.4, -0.2) is 57.3 Å². The Labute approximate surface area is 228 Å². The van der Waals surface area contributed by atoms with Crippen molar-refractivity contribution in [1.29, 1.82) is 0 Å². The maximum absolute atomic E-state index is 13.3. The summed E-state index contributed by atoms with van der Waals surface area (Å²) in [5.41, 5.74) is -4.22. The van der Waals surface area contributed by atoms with E-state index in [4.69, 9.17) is 4.74 Å². The first-order valence-corrected chi connectivity index (χ1v) is 14.2. The molecule has 7 nitrogen and oxygen atoms in total. The number of methoxy groups -OCH3 is 1. The number of hydrogen-bond acceptors (Lipinski definition) is 7. The highest BCUT2D eigenvalue weighted by molar-refractivity contribution is 5.88. The first-order valence-electron chi connectivity index (χ1n) is 14.2. The van der Waals surface area contributed by atoms with Crippen LogP contribution in [0.2, 0.25) is 0 Å². The predicted molar refractivity (Wildman–Crippen MR) is 144 cm³/mol. The van der Waals surface area contributed by atoms with E-state index in [1.165, 1.54) is 21.0 Å². The SMILES string of the molecule is C#C.COC(=O)CC[C@@H](C)[C@H]1CCC2C3C(C[C@@](O)(C(C)=O)[C@@]21C)[C@@]1(C)CC[C@H](O)C[C@H]1C[C@]3(O)C(C)=O. The Morgan fingerprint density at radius 2 is 1.63 bits per heavy atom. The van der Waals surface area contributed by atoms with E-state index >= 15 is 0 Å². The van der Waals surface area contributed by atoms with Gasteiger partial charge in [0.25, 0.3) is 0 Å². The fourth-order valence-electron chi connectivity index (χ4n) is 9.79. The highest BCUT2D eigenvalue weighted by atomic mass is 16.5.